The normalized spacial score (nSPS) is 13.1. The molecular weight excluding hydrogens is 295 g/mol. The smallest absolute Gasteiger partial charge is 0.532 e. The molecule has 0 saturated carbocycles. The molecule has 1 aliphatic rings. The number of fused-ring (bicyclic) bond motifs is 3. The van der Waals surface area contributed by atoms with E-state index in [0.717, 1.165) is 0 Å². The number of ether oxygens (including phenoxy) is 1. The van der Waals surface area contributed by atoms with Crippen LogP contribution in [0.25, 0.3) is 10.8 Å². The summed E-state index contributed by atoms with van der Waals surface area (Å²) in [5, 5.41) is 1.09. The van der Waals surface area contributed by atoms with Crippen molar-refractivity contribution in [2.75, 3.05) is 0 Å². The molecule has 0 atom stereocenters. The number of benzene rings is 2. The number of hydrogen-bond acceptors (Lipinski definition) is 7. The Morgan fingerprint density at radius 2 is 1.65 bits per heavy atom. The van der Waals surface area contributed by atoms with Crippen LogP contribution in [0.1, 0.15) is 20.7 Å². The van der Waals surface area contributed by atoms with E-state index in [-0.39, 0.29) is 46.4 Å². The van der Waals surface area contributed by atoms with Gasteiger partial charge in [-0.05, 0) is 16.8 Å². The van der Waals surface area contributed by atoms with Crippen LogP contribution in [0.5, 0.6) is 5.75 Å². The second-order valence-corrected chi connectivity index (χ2v) is 4.39. The van der Waals surface area contributed by atoms with Crippen molar-refractivity contribution < 1.29 is 56.5 Å². The molecule has 2 aromatic carbocycles. The van der Waals surface area contributed by atoms with Gasteiger partial charge in [0.25, 0.3) is 0 Å². The molecule has 2 aromatic rings. The van der Waals surface area contributed by atoms with E-state index in [1.54, 1.807) is 24.3 Å². The zero-order chi connectivity index (χ0) is 13.6. The largest absolute Gasteiger partial charge is 1.00 e. The second-order valence-electron chi connectivity index (χ2n) is 3.81. The molecule has 1 heterocycles. The van der Waals surface area contributed by atoms with E-state index in [4.69, 9.17) is 0 Å². The minimum absolute atomic E-state index is 0. The van der Waals surface area contributed by atoms with Crippen LogP contribution in [-0.2, 0) is 24.1 Å². The Morgan fingerprint density at radius 3 is 2.35 bits per heavy atom. The van der Waals surface area contributed by atoms with Crippen molar-refractivity contribution in [3.63, 3.8) is 0 Å². The van der Waals surface area contributed by atoms with Crippen molar-refractivity contribution in [3.05, 3.63) is 41.5 Å². The van der Waals surface area contributed by atoms with E-state index in [0.29, 0.717) is 10.8 Å². The van der Waals surface area contributed by atoms with Crippen LogP contribution >= 0.6 is 0 Å². The first-order chi connectivity index (χ1) is 9.08. The van der Waals surface area contributed by atoms with Gasteiger partial charge in [0.05, 0.1) is 5.56 Å². The summed E-state index contributed by atoms with van der Waals surface area (Å²) in [5.41, 5.74) is -0.128. The van der Waals surface area contributed by atoms with Gasteiger partial charge in [0.15, 0.2) is 0 Å². The van der Waals surface area contributed by atoms with Crippen LogP contribution in [0.4, 0.5) is 0 Å². The Kier molecular flexibility index (Phi) is 4.14. The maximum atomic E-state index is 11.7. The van der Waals surface area contributed by atoms with Crippen molar-refractivity contribution in [3.8, 4) is 5.75 Å². The van der Waals surface area contributed by atoms with Crippen LogP contribution in [0.3, 0.4) is 0 Å². The van der Waals surface area contributed by atoms with Crippen molar-refractivity contribution in [1.82, 2.24) is 0 Å². The minimum Gasteiger partial charge on any atom is -0.532 e. The van der Waals surface area contributed by atoms with E-state index in [9.17, 15) is 18.0 Å². The van der Waals surface area contributed by atoms with Gasteiger partial charge in [-0.1, -0.05) is 24.3 Å². The molecule has 0 saturated heterocycles. The van der Waals surface area contributed by atoms with Gasteiger partial charge in [-0.3, -0.25) is 0 Å². The molecule has 6 nitrogen and oxygen atoms in total. The van der Waals surface area contributed by atoms with Crippen LogP contribution in [0, 0.1) is 0 Å². The van der Waals surface area contributed by atoms with Crippen LogP contribution in [0.2, 0.25) is 0 Å². The molecule has 20 heavy (non-hydrogen) atoms. The standard InChI is InChI=1S/C12H5O6S.Na/c13-11-9-7-4-2-1-3-6(7)5-8(18-19(15)16)10(9)12(14)17-11;/h1-5H;/q-1;+1. The third-order valence-corrected chi connectivity index (χ3v) is 3.08. The SMILES string of the molecule is O=C1OC(=O)c2c1c(O[S-](=O)=O)cc1ccccc21.[Na+]. The first-order valence-electron chi connectivity index (χ1n) is 5.18. The summed E-state index contributed by atoms with van der Waals surface area (Å²) in [6.45, 7) is 0. The van der Waals surface area contributed by atoms with Gasteiger partial charge in [-0.2, -0.15) is 0 Å². The number of esters is 2. The van der Waals surface area contributed by atoms with Gasteiger partial charge >= 0.3 is 41.5 Å². The number of cyclic esters (lactones) is 2. The zero-order valence-electron chi connectivity index (χ0n) is 10.2. The molecule has 1 aliphatic heterocycles. The molecule has 0 aliphatic carbocycles. The van der Waals surface area contributed by atoms with E-state index >= 15 is 0 Å². The van der Waals surface area contributed by atoms with Crippen LogP contribution < -0.4 is 33.7 Å². The Morgan fingerprint density at radius 1 is 1.00 bits per heavy atom. The van der Waals surface area contributed by atoms with Crippen LogP contribution in [-0.4, -0.2) is 11.9 Å². The molecule has 0 amide bonds. The van der Waals surface area contributed by atoms with Crippen molar-refractivity contribution in [2.45, 2.75) is 0 Å². The van der Waals surface area contributed by atoms with Gasteiger partial charge in [0, 0.05) is 0 Å². The van der Waals surface area contributed by atoms with Crippen LogP contribution in [0.15, 0.2) is 30.3 Å². The molecular formula is C12H5NaO6S. The summed E-state index contributed by atoms with van der Waals surface area (Å²) in [5.74, 6) is -1.93. The average molecular weight is 300 g/mol. The molecule has 0 spiro atoms. The van der Waals surface area contributed by atoms with E-state index in [2.05, 4.69) is 8.92 Å². The average Bonchev–Trinajstić information content (AvgIpc) is 2.65. The third-order valence-electron chi connectivity index (χ3n) is 2.76. The monoisotopic (exact) mass is 300 g/mol. The van der Waals surface area contributed by atoms with Crippen molar-refractivity contribution >= 4 is 33.7 Å². The van der Waals surface area contributed by atoms with Gasteiger partial charge in [-0.25, -0.2) is 9.59 Å². The first-order valence-corrected chi connectivity index (χ1v) is 6.18. The summed E-state index contributed by atoms with van der Waals surface area (Å²) in [6.07, 6.45) is 0. The molecule has 0 unspecified atom stereocenters. The number of carbonyl (C=O) groups excluding carboxylic acids is 2. The van der Waals surface area contributed by atoms with Gasteiger partial charge < -0.3 is 17.3 Å². The predicted octanol–water partition coefficient (Wildman–Crippen LogP) is -1.24. The summed E-state index contributed by atoms with van der Waals surface area (Å²) in [6, 6.07) is 8.11. The zero-order valence-corrected chi connectivity index (χ0v) is 13.1. The molecule has 3 rings (SSSR count). The second kappa shape index (κ2) is 5.53. The van der Waals surface area contributed by atoms with E-state index in [1.165, 1.54) is 6.07 Å². The maximum absolute atomic E-state index is 11.7. The molecule has 0 bridgehead atoms. The van der Waals surface area contributed by atoms with E-state index in [1.807, 2.05) is 0 Å². The summed E-state index contributed by atoms with van der Waals surface area (Å²) in [7, 11) is -2.85. The third kappa shape index (κ3) is 2.33. The maximum Gasteiger partial charge on any atom is 1.00 e. The topological polar surface area (TPSA) is 86.7 Å². The molecule has 0 fully saturated rings. The Hall–Kier alpha value is -1.41. The Balaban J connectivity index is 0.00000147. The molecule has 0 aromatic heterocycles. The summed E-state index contributed by atoms with van der Waals surface area (Å²) < 4.78 is 30.3. The van der Waals surface area contributed by atoms with Gasteiger partial charge in [0.2, 0.25) is 0 Å². The van der Waals surface area contributed by atoms with Gasteiger partial charge in [-0.15, -0.1) is 0 Å². The molecule has 96 valence electrons. The van der Waals surface area contributed by atoms with E-state index < -0.39 is 22.9 Å². The quantitative estimate of drug-likeness (QED) is 0.298. The summed E-state index contributed by atoms with van der Waals surface area (Å²) in [4.78, 5) is 23.3. The first kappa shape index (κ1) is 15.0. The van der Waals surface area contributed by atoms with Crippen molar-refractivity contribution in [2.24, 2.45) is 0 Å². The minimum atomic E-state index is -2.85. The fourth-order valence-corrected chi connectivity index (χ4v) is 2.34. The fourth-order valence-electron chi connectivity index (χ4n) is 2.06. The number of rotatable bonds is 2. The number of hydrogen-bond donors (Lipinski definition) is 0. The van der Waals surface area contributed by atoms with Crippen molar-refractivity contribution in [1.29, 1.82) is 0 Å². The molecule has 0 radical (unpaired) electrons. The van der Waals surface area contributed by atoms with Gasteiger partial charge in [0.1, 0.15) is 22.3 Å². The Labute approximate surface area is 137 Å². The number of carbonyl (C=O) groups is 2. The Bertz CT molecular complexity index is 803. The molecule has 8 heteroatoms. The summed E-state index contributed by atoms with van der Waals surface area (Å²) >= 11 is 0. The fraction of sp³-hybridized carbons (Fsp3) is 0. The molecule has 0 N–H and O–H groups in total. The predicted molar refractivity (Wildman–Crippen MR) is 63.1 cm³/mol.